The zero-order valence-electron chi connectivity index (χ0n) is 17.9. The third-order valence-corrected chi connectivity index (χ3v) is 5.73. The minimum atomic E-state index is 0.348. The molecule has 0 spiro atoms. The van der Waals surface area contributed by atoms with Gasteiger partial charge in [0.2, 0.25) is 0 Å². The van der Waals surface area contributed by atoms with Crippen LogP contribution in [0.3, 0.4) is 0 Å². The van der Waals surface area contributed by atoms with Crippen molar-refractivity contribution in [2.75, 3.05) is 13.7 Å². The fraction of sp³-hybridized carbons (Fsp3) is 0.240. The summed E-state index contributed by atoms with van der Waals surface area (Å²) in [4.78, 5) is 4.77. The minimum Gasteiger partial charge on any atom is -0.497 e. The molecule has 0 aliphatic carbocycles. The summed E-state index contributed by atoms with van der Waals surface area (Å²) in [5.74, 6) is 3.16. The van der Waals surface area contributed by atoms with Crippen molar-refractivity contribution < 1.29 is 14.2 Å². The average Bonchev–Trinajstić information content (AvgIpc) is 3.13. The molecular formula is C25H25ClN2O3. The maximum absolute atomic E-state index is 6.27. The van der Waals surface area contributed by atoms with Gasteiger partial charge >= 0.3 is 0 Å². The molecule has 0 aliphatic heterocycles. The summed E-state index contributed by atoms with van der Waals surface area (Å²) in [6, 6.07) is 19.6. The van der Waals surface area contributed by atoms with Crippen molar-refractivity contribution in [2.24, 2.45) is 0 Å². The number of halogens is 1. The average molecular weight is 437 g/mol. The van der Waals surface area contributed by atoms with Crippen LogP contribution in [0.4, 0.5) is 0 Å². The molecule has 3 aromatic carbocycles. The Bertz CT molecular complexity index is 1180. The normalized spacial score (nSPS) is 11.0. The van der Waals surface area contributed by atoms with Crippen molar-refractivity contribution in [1.29, 1.82) is 0 Å². The summed E-state index contributed by atoms with van der Waals surface area (Å²) in [6.45, 7) is 5.48. The summed E-state index contributed by atoms with van der Waals surface area (Å²) in [6.07, 6.45) is 0. The Kier molecular flexibility index (Phi) is 6.33. The number of benzene rings is 3. The summed E-state index contributed by atoms with van der Waals surface area (Å²) >= 11 is 6.27. The Labute approximate surface area is 187 Å². The van der Waals surface area contributed by atoms with Gasteiger partial charge in [-0.25, -0.2) is 4.98 Å². The zero-order valence-corrected chi connectivity index (χ0v) is 18.6. The lowest BCUT2D eigenvalue weighted by Gasteiger charge is -2.13. The van der Waals surface area contributed by atoms with Gasteiger partial charge in [0.25, 0.3) is 0 Å². The van der Waals surface area contributed by atoms with E-state index < -0.39 is 0 Å². The second-order valence-corrected chi connectivity index (χ2v) is 7.73. The van der Waals surface area contributed by atoms with Crippen LogP contribution in [0, 0.1) is 13.8 Å². The quantitative estimate of drug-likeness (QED) is 0.341. The summed E-state index contributed by atoms with van der Waals surface area (Å²) < 4.78 is 19.4. The second kappa shape index (κ2) is 9.31. The van der Waals surface area contributed by atoms with Crippen molar-refractivity contribution in [3.05, 3.63) is 82.6 Å². The highest BCUT2D eigenvalue weighted by atomic mass is 35.5. The molecule has 160 valence electrons. The fourth-order valence-electron chi connectivity index (χ4n) is 3.57. The lowest BCUT2D eigenvalue weighted by molar-refractivity contribution is 0.271. The van der Waals surface area contributed by atoms with Gasteiger partial charge in [-0.05, 0) is 61.4 Å². The standard InChI is InChI=1S/C25H25ClN2O3/c1-17-13-21(14-18(2)25(17)26)30-12-11-28-23-10-5-4-9-22(23)27-24(28)16-31-20-8-6-7-19(15-20)29-3/h4-10,13-15H,11-12,16H2,1-3H3. The number of rotatable bonds is 8. The van der Waals surface area contributed by atoms with E-state index in [2.05, 4.69) is 10.6 Å². The highest BCUT2D eigenvalue weighted by Crippen LogP contribution is 2.26. The van der Waals surface area contributed by atoms with Crippen LogP contribution in [0.15, 0.2) is 60.7 Å². The molecular weight excluding hydrogens is 412 g/mol. The van der Waals surface area contributed by atoms with Gasteiger partial charge in [0, 0.05) is 11.1 Å². The van der Waals surface area contributed by atoms with E-state index in [4.69, 9.17) is 30.8 Å². The van der Waals surface area contributed by atoms with Crippen molar-refractivity contribution in [2.45, 2.75) is 27.0 Å². The monoisotopic (exact) mass is 436 g/mol. The molecule has 0 N–H and O–H groups in total. The van der Waals surface area contributed by atoms with Crippen LogP contribution in [-0.2, 0) is 13.2 Å². The summed E-state index contributed by atoms with van der Waals surface area (Å²) in [5.41, 5.74) is 4.01. The van der Waals surface area contributed by atoms with Crippen molar-refractivity contribution in [3.8, 4) is 17.2 Å². The van der Waals surface area contributed by atoms with Gasteiger partial charge in [0.1, 0.15) is 36.3 Å². The van der Waals surface area contributed by atoms with Crippen molar-refractivity contribution >= 4 is 22.6 Å². The van der Waals surface area contributed by atoms with E-state index >= 15 is 0 Å². The number of aromatic nitrogens is 2. The molecule has 0 aliphatic rings. The molecule has 0 fully saturated rings. The van der Waals surface area contributed by atoms with Crippen LogP contribution in [0.2, 0.25) is 5.02 Å². The lowest BCUT2D eigenvalue weighted by atomic mass is 10.1. The molecule has 0 atom stereocenters. The third-order valence-electron chi connectivity index (χ3n) is 5.14. The number of methoxy groups -OCH3 is 1. The maximum atomic E-state index is 6.27. The van der Waals surface area contributed by atoms with Gasteiger partial charge in [0.15, 0.2) is 0 Å². The van der Waals surface area contributed by atoms with E-state index in [1.54, 1.807) is 7.11 Å². The molecule has 5 nitrogen and oxygen atoms in total. The van der Waals surface area contributed by atoms with Gasteiger partial charge in [0.05, 0.1) is 24.7 Å². The second-order valence-electron chi connectivity index (χ2n) is 7.36. The van der Waals surface area contributed by atoms with Gasteiger partial charge in [-0.3, -0.25) is 0 Å². The van der Waals surface area contributed by atoms with Gasteiger partial charge in [-0.1, -0.05) is 29.8 Å². The first kappa shape index (κ1) is 21.1. The van der Waals surface area contributed by atoms with Crippen molar-refractivity contribution in [1.82, 2.24) is 9.55 Å². The highest BCUT2D eigenvalue weighted by molar-refractivity contribution is 6.32. The Balaban J connectivity index is 1.51. The minimum absolute atomic E-state index is 0.348. The van der Waals surface area contributed by atoms with E-state index in [1.165, 1.54) is 0 Å². The first-order chi connectivity index (χ1) is 15.0. The Morgan fingerprint density at radius 1 is 0.871 bits per heavy atom. The number of imidazole rings is 1. The first-order valence-corrected chi connectivity index (χ1v) is 10.5. The smallest absolute Gasteiger partial charge is 0.148 e. The van der Waals surface area contributed by atoms with Crippen LogP contribution in [0.25, 0.3) is 11.0 Å². The van der Waals surface area contributed by atoms with Crippen LogP contribution in [0.1, 0.15) is 17.0 Å². The van der Waals surface area contributed by atoms with Crippen molar-refractivity contribution in [3.63, 3.8) is 0 Å². The Hall–Kier alpha value is -3.18. The Morgan fingerprint density at radius 2 is 1.61 bits per heavy atom. The third kappa shape index (κ3) is 4.78. The number of ether oxygens (including phenoxy) is 3. The molecule has 4 aromatic rings. The highest BCUT2D eigenvalue weighted by Gasteiger charge is 2.12. The van der Waals surface area contributed by atoms with E-state index in [1.807, 2.05) is 68.4 Å². The van der Waals surface area contributed by atoms with Gasteiger partial charge < -0.3 is 18.8 Å². The van der Waals surface area contributed by atoms with Gasteiger partial charge in [-0.2, -0.15) is 0 Å². The number of nitrogens with zero attached hydrogens (tertiary/aromatic N) is 2. The van der Waals surface area contributed by atoms with Crippen LogP contribution >= 0.6 is 11.6 Å². The fourth-order valence-corrected chi connectivity index (χ4v) is 3.68. The summed E-state index contributed by atoms with van der Waals surface area (Å²) in [7, 11) is 1.64. The van der Waals surface area contributed by atoms with Crippen LogP contribution < -0.4 is 14.2 Å². The summed E-state index contributed by atoms with van der Waals surface area (Å²) in [5, 5.41) is 0.782. The zero-order chi connectivity index (χ0) is 21.8. The number of hydrogen-bond donors (Lipinski definition) is 0. The van der Waals surface area contributed by atoms with E-state index in [-0.39, 0.29) is 0 Å². The molecule has 0 bridgehead atoms. The van der Waals surface area contributed by atoms with E-state index in [0.717, 1.165) is 50.3 Å². The molecule has 0 saturated heterocycles. The predicted octanol–water partition coefficient (Wildman–Crippen LogP) is 5.97. The molecule has 31 heavy (non-hydrogen) atoms. The topological polar surface area (TPSA) is 45.5 Å². The van der Waals surface area contributed by atoms with Gasteiger partial charge in [-0.15, -0.1) is 0 Å². The number of aryl methyl sites for hydroxylation is 2. The largest absolute Gasteiger partial charge is 0.497 e. The van der Waals surface area contributed by atoms with E-state index in [9.17, 15) is 0 Å². The molecule has 0 amide bonds. The number of para-hydroxylation sites is 2. The number of hydrogen-bond acceptors (Lipinski definition) is 4. The maximum Gasteiger partial charge on any atom is 0.148 e. The molecule has 0 radical (unpaired) electrons. The predicted molar refractivity (Wildman–Crippen MR) is 123 cm³/mol. The van der Waals surface area contributed by atoms with Crippen LogP contribution in [0.5, 0.6) is 17.2 Å². The lowest BCUT2D eigenvalue weighted by Crippen LogP contribution is -2.13. The van der Waals surface area contributed by atoms with Crippen LogP contribution in [-0.4, -0.2) is 23.3 Å². The first-order valence-electron chi connectivity index (χ1n) is 10.2. The number of fused-ring (bicyclic) bond motifs is 1. The molecule has 0 saturated carbocycles. The molecule has 0 unspecified atom stereocenters. The van der Waals surface area contributed by atoms with E-state index in [0.29, 0.717) is 19.8 Å². The molecule has 4 rings (SSSR count). The molecule has 1 heterocycles. The molecule has 6 heteroatoms. The molecule has 1 aromatic heterocycles. The SMILES string of the molecule is COc1cccc(OCc2nc3ccccc3n2CCOc2cc(C)c(Cl)c(C)c2)c1. The Morgan fingerprint density at radius 3 is 2.39 bits per heavy atom.